The van der Waals surface area contributed by atoms with Gasteiger partial charge >= 0.3 is 5.97 Å². The summed E-state index contributed by atoms with van der Waals surface area (Å²) in [5.41, 5.74) is 3.76. The zero-order chi connectivity index (χ0) is 21.1. The number of benzene rings is 2. The van der Waals surface area contributed by atoms with Crippen LogP contribution in [0.25, 0.3) is 17.5 Å². The number of thioether (sulfide) groups is 1. The van der Waals surface area contributed by atoms with Crippen LogP contribution >= 0.6 is 23.4 Å². The molecule has 0 amide bonds. The van der Waals surface area contributed by atoms with Crippen LogP contribution in [0.3, 0.4) is 0 Å². The number of aliphatic carboxylic acids is 1. The van der Waals surface area contributed by atoms with Gasteiger partial charge in [0.1, 0.15) is 4.91 Å². The third-order valence-corrected chi connectivity index (χ3v) is 6.02. The minimum Gasteiger partial charge on any atom is -0.477 e. The molecule has 1 aliphatic rings. The molecule has 0 spiro atoms. The zero-order valence-corrected chi connectivity index (χ0v) is 17.9. The lowest BCUT2D eigenvalue weighted by atomic mass is 10.1. The number of anilines is 1. The first-order valence-corrected chi connectivity index (χ1v) is 10.8. The number of aryl methyl sites for hydroxylation is 1. The minimum atomic E-state index is -1.05. The molecular formula is C22H20ClN3O3S. The Morgan fingerprint density at radius 2 is 1.90 bits per heavy atom. The van der Waals surface area contributed by atoms with E-state index in [4.69, 9.17) is 16.0 Å². The molecule has 0 saturated carbocycles. The van der Waals surface area contributed by atoms with Crippen molar-refractivity contribution in [2.75, 3.05) is 18.0 Å². The maximum absolute atomic E-state index is 11.8. The first-order valence-electron chi connectivity index (χ1n) is 9.57. The number of aromatic nitrogens is 2. The van der Waals surface area contributed by atoms with Gasteiger partial charge in [-0.25, -0.2) is 4.79 Å². The molecule has 1 fully saturated rings. The maximum Gasteiger partial charge on any atom is 0.342 e. The molecule has 1 N–H and O–H groups in total. The van der Waals surface area contributed by atoms with Crippen LogP contribution in [0.5, 0.6) is 0 Å². The summed E-state index contributed by atoms with van der Waals surface area (Å²) in [6.07, 6.45) is 4.06. The third kappa shape index (κ3) is 4.68. The van der Waals surface area contributed by atoms with Gasteiger partial charge in [-0.05, 0) is 85.1 Å². The highest BCUT2D eigenvalue weighted by Gasteiger charge is 2.17. The van der Waals surface area contributed by atoms with Crippen LogP contribution in [-0.2, 0) is 4.79 Å². The number of nitrogens with zero attached hydrogens (tertiary/aromatic N) is 3. The summed E-state index contributed by atoms with van der Waals surface area (Å²) < 4.78 is 5.63. The largest absolute Gasteiger partial charge is 0.477 e. The van der Waals surface area contributed by atoms with Gasteiger partial charge in [-0.2, -0.15) is 0 Å². The van der Waals surface area contributed by atoms with Crippen molar-refractivity contribution in [3.8, 4) is 11.5 Å². The second-order valence-electron chi connectivity index (χ2n) is 7.03. The van der Waals surface area contributed by atoms with Gasteiger partial charge in [0.25, 0.3) is 5.22 Å². The molecule has 6 nitrogen and oxygen atoms in total. The number of carboxylic acid groups (broad SMARTS) is 1. The summed E-state index contributed by atoms with van der Waals surface area (Å²) >= 11 is 6.83. The summed E-state index contributed by atoms with van der Waals surface area (Å²) in [5.74, 6) is -0.737. The first kappa shape index (κ1) is 20.5. The SMILES string of the molecule is Cc1cc(N2CCCC2)ccc1/C=C(/Sc1nnc(-c2ccc(Cl)cc2)o1)C(=O)O. The quantitative estimate of drug-likeness (QED) is 0.398. The van der Waals surface area contributed by atoms with Crippen molar-refractivity contribution in [3.05, 3.63) is 63.5 Å². The van der Waals surface area contributed by atoms with E-state index in [1.807, 2.05) is 19.1 Å². The molecule has 3 aromatic rings. The van der Waals surface area contributed by atoms with E-state index in [-0.39, 0.29) is 10.1 Å². The van der Waals surface area contributed by atoms with Gasteiger partial charge in [-0.1, -0.05) is 17.7 Å². The molecule has 1 aliphatic heterocycles. The molecule has 4 rings (SSSR count). The Bertz CT molecular complexity index is 1090. The summed E-state index contributed by atoms with van der Waals surface area (Å²) in [6.45, 7) is 4.12. The second-order valence-corrected chi connectivity index (χ2v) is 8.46. The van der Waals surface area contributed by atoms with E-state index in [9.17, 15) is 9.90 Å². The Kier molecular flexibility index (Phi) is 6.11. The number of hydrogen-bond acceptors (Lipinski definition) is 6. The molecule has 2 aromatic carbocycles. The standard InChI is InChI=1S/C22H20ClN3O3S/c1-14-12-18(26-10-2-3-11-26)9-6-16(14)13-19(21(27)28)30-22-25-24-20(29-22)15-4-7-17(23)8-5-15/h4-9,12-13H,2-3,10-11H2,1H3,(H,27,28)/b19-13+. The van der Waals surface area contributed by atoms with Crippen LogP contribution in [0, 0.1) is 6.92 Å². The highest BCUT2D eigenvalue weighted by molar-refractivity contribution is 8.03. The van der Waals surface area contributed by atoms with Crippen LogP contribution in [0.1, 0.15) is 24.0 Å². The minimum absolute atomic E-state index is 0.110. The van der Waals surface area contributed by atoms with Crippen LogP contribution in [0.4, 0.5) is 5.69 Å². The Labute approximate surface area is 183 Å². The predicted octanol–water partition coefficient (Wildman–Crippen LogP) is 5.52. The average Bonchev–Trinajstić information content (AvgIpc) is 3.41. The molecule has 154 valence electrons. The molecule has 8 heteroatoms. The van der Waals surface area contributed by atoms with Crippen LogP contribution < -0.4 is 4.90 Å². The molecule has 2 heterocycles. The van der Waals surface area contributed by atoms with Crippen LogP contribution in [-0.4, -0.2) is 34.4 Å². The molecule has 0 bridgehead atoms. The van der Waals surface area contributed by atoms with Crippen molar-refractivity contribution >= 4 is 41.1 Å². The monoisotopic (exact) mass is 441 g/mol. The third-order valence-electron chi connectivity index (χ3n) is 4.92. The van der Waals surface area contributed by atoms with E-state index >= 15 is 0 Å². The fourth-order valence-electron chi connectivity index (χ4n) is 3.32. The predicted molar refractivity (Wildman–Crippen MR) is 119 cm³/mol. The van der Waals surface area contributed by atoms with E-state index in [0.717, 1.165) is 36.0 Å². The average molecular weight is 442 g/mol. The van der Waals surface area contributed by atoms with Gasteiger partial charge in [0.2, 0.25) is 5.89 Å². The molecule has 0 aliphatic carbocycles. The highest BCUT2D eigenvalue weighted by atomic mass is 35.5. The van der Waals surface area contributed by atoms with Crippen LogP contribution in [0.2, 0.25) is 5.02 Å². The second kappa shape index (κ2) is 8.93. The van der Waals surface area contributed by atoms with Crippen molar-refractivity contribution in [1.29, 1.82) is 0 Å². The highest BCUT2D eigenvalue weighted by Crippen LogP contribution is 2.31. The van der Waals surface area contributed by atoms with Gasteiger partial charge in [0.05, 0.1) is 0 Å². The lowest BCUT2D eigenvalue weighted by molar-refractivity contribution is -0.131. The lowest BCUT2D eigenvalue weighted by Crippen LogP contribution is -2.17. The number of hydrogen-bond donors (Lipinski definition) is 1. The number of carboxylic acids is 1. The molecule has 0 atom stereocenters. The smallest absolute Gasteiger partial charge is 0.342 e. The zero-order valence-electron chi connectivity index (χ0n) is 16.3. The summed E-state index contributed by atoms with van der Waals surface area (Å²) in [7, 11) is 0. The van der Waals surface area contributed by atoms with Gasteiger partial charge in [0.15, 0.2) is 0 Å². The Morgan fingerprint density at radius 3 is 2.57 bits per heavy atom. The molecular weight excluding hydrogens is 422 g/mol. The molecule has 0 unspecified atom stereocenters. The Hall–Kier alpha value is -2.77. The van der Waals surface area contributed by atoms with Gasteiger partial charge in [0, 0.05) is 29.4 Å². The molecule has 1 aromatic heterocycles. The van der Waals surface area contributed by atoms with E-state index in [1.54, 1.807) is 30.3 Å². The van der Waals surface area contributed by atoms with Crippen molar-refractivity contribution in [2.24, 2.45) is 0 Å². The topological polar surface area (TPSA) is 79.5 Å². The van der Waals surface area contributed by atoms with E-state index in [0.29, 0.717) is 16.5 Å². The van der Waals surface area contributed by atoms with Crippen molar-refractivity contribution in [3.63, 3.8) is 0 Å². The number of carbonyl (C=O) groups is 1. The van der Waals surface area contributed by atoms with Crippen molar-refractivity contribution in [2.45, 2.75) is 25.0 Å². The van der Waals surface area contributed by atoms with Gasteiger partial charge in [-0.3, -0.25) is 0 Å². The lowest BCUT2D eigenvalue weighted by Gasteiger charge is -2.18. The summed E-state index contributed by atoms with van der Waals surface area (Å²) in [4.78, 5) is 14.3. The normalized spacial score (nSPS) is 14.3. The van der Waals surface area contributed by atoms with E-state index < -0.39 is 5.97 Å². The Balaban J connectivity index is 1.55. The number of rotatable bonds is 6. The van der Waals surface area contributed by atoms with Crippen molar-refractivity contribution < 1.29 is 14.3 Å². The van der Waals surface area contributed by atoms with E-state index in [2.05, 4.69) is 21.2 Å². The van der Waals surface area contributed by atoms with Gasteiger partial charge < -0.3 is 14.4 Å². The first-order chi connectivity index (χ1) is 14.5. The van der Waals surface area contributed by atoms with Gasteiger partial charge in [-0.15, -0.1) is 10.2 Å². The Morgan fingerprint density at radius 1 is 1.17 bits per heavy atom. The summed E-state index contributed by atoms with van der Waals surface area (Å²) in [5, 5.41) is 18.4. The fraction of sp³-hybridized carbons (Fsp3) is 0.227. The maximum atomic E-state index is 11.8. The van der Waals surface area contributed by atoms with Crippen molar-refractivity contribution in [1.82, 2.24) is 10.2 Å². The van der Waals surface area contributed by atoms with Crippen LogP contribution in [0.15, 0.2) is 57.0 Å². The molecule has 30 heavy (non-hydrogen) atoms. The fourth-order valence-corrected chi connectivity index (χ4v) is 4.11. The molecule has 0 radical (unpaired) electrons. The molecule has 1 saturated heterocycles. The summed E-state index contributed by atoms with van der Waals surface area (Å²) in [6, 6.07) is 13.1. The number of halogens is 1. The van der Waals surface area contributed by atoms with E-state index in [1.165, 1.54) is 18.5 Å².